The van der Waals surface area contributed by atoms with Gasteiger partial charge in [0.1, 0.15) is 5.92 Å². The molecule has 0 aliphatic heterocycles. The SMILES string of the molecule is CC(C)OCCNC(=O)C(C(N)=NO)C(C)C. The number of hydrogen-bond donors (Lipinski definition) is 3. The molecule has 0 heterocycles. The molecule has 0 radical (unpaired) electrons. The van der Waals surface area contributed by atoms with Crippen molar-refractivity contribution < 1.29 is 14.7 Å². The Morgan fingerprint density at radius 3 is 2.41 bits per heavy atom. The largest absolute Gasteiger partial charge is 0.409 e. The fourth-order valence-electron chi connectivity index (χ4n) is 1.42. The van der Waals surface area contributed by atoms with E-state index in [9.17, 15) is 4.79 Å². The van der Waals surface area contributed by atoms with Crippen LogP contribution >= 0.6 is 0 Å². The minimum atomic E-state index is -0.612. The lowest BCUT2D eigenvalue weighted by Gasteiger charge is -2.18. The molecule has 0 aromatic rings. The Kier molecular flexibility index (Phi) is 7.29. The number of hydrogen-bond acceptors (Lipinski definition) is 4. The summed E-state index contributed by atoms with van der Waals surface area (Å²) in [5.41, 5.74) is 5.48. The van der Waals surface area contributed by atoms with Crippen LogP contribution in [0.2, 0.25) is 0 Å². The van der Waals surface area contributed by atoms with Crippen LogP contribution in [0.4, 0.5) is 0 Å². The Morgan fingerprint density at radius 1 is 1.41 bits per heavy atom. The van der Waals surface area contributed by atoms with Crippen molar-refractivity contribution in [3.05, 3.63) is 0 Å². The van der Waals surface area contributed by atoms with Crippen LogP contribution in [-0.4, -0.2) is 36.2 Å². The predicted molar refractivity (Wildman–Crippen MR) is 65.8 cm³/mol. The first-order valence-electron chi connectivity index (χ1n) is 5.76. The van der Waals surface area contributed by atoms with Gasteiger partial charge in [-0.3, -0.25) is 4.79 Å². The highest BCUT2D eigenvalue weighted by Gasteiger charge is 2.26. The van der Waals surface area contributed by atoms with Crippen LogP contribution in [0.15, 0.2) is 5.16 Å². The van der Waals surface area contributed by atoms with Crippen LogP contribution in [0.5, 0.6) is 0 Å². The third-order valence-corrected chi connectivity index (χ3v) is 2.24. The molecule has 4 N–H and O–H groups in total. The summed E-state index contributed by atoms with van der Waals surface area (Å²) >= 11 is 0. The van der Waals surface area contributed by atoms with E-state index in [4.69, 9.17) is 15.7 Å². The molecule has 6 heteroatoms. The number of carbonyl (C=O) groups is 1. The molecule has 0 fully saturated rings. The second kappa shape index (κ2) is 7.89. The molecule has 0 spiro atoms. The van der Waals surface area contributed by atoms with Crippen molar-refractivity contribution in [3.63, 3.8) is 0 Å². The number of amides is 1. The van der Waals surface area contributed by atoms with Crippen molar-refractivity contribution in [1.29, 1.82) is 0 Å². The second-order valence-electron chi connectivity index (χ2n) is 4.46. The highest BCUT2D eigenvalue weighted by atomic mass is 16.5. The molecule has 17 heavy (non-hydrogen) atoms. The van der Waals surface area contributed by atoms with E-state index in [-0.39, 0.29) is 23.8 Å². The van der Waals surface area contributed by atoms with E-state index >= 15 is 0 Å². The molecule has 0 aromatic carbocycles. The highest BCUT2D eigenvalue weighted by Crippen LogP contribution is 2.10. The van der Waals surface area contributed by atoms with E-state index in [0.29, 0.717) is 13.2 Å². The molecule has 100 valence electrons. The summed E-state index contributed by atoms with van der Waals surface area (Å²) < 4.78 is 5.29. The molecular weight excluding hydrogens is 222 g/mol. The minimum Gasteiger partial charge on any atom is -0.409 e. The van der Waals surface area contributed by atoms with E-state index in [2.05, 4.69) is 10.5 Å². The Labute approximate surface area is 102 Å². The van der Waals surface area contributed by atoms with Crippen LogP contribution in [0.25, 0.3) is 0 Å². The summed E-state index contributed by atoms with van der Waals surface area (Å²) in [7, 11) is 0. The second-order valence-corrected chi connectivity index (χ2v) is 4.46. The summed E-state index contributed by atoms with van der Waals surface area (Å²) in [6.07, 6.45) is 0.136. The number of rotatable bonds is 7. The van der Waals surface area contributed by atoms with Crippen LogP contribution in [0, 0.1) is 11.8 Å². The van der Waals surface area contributed by atoms with Gasteiger partial charge in [0, 0.05) is 6.54 Å². The van der Waals surface area contributed by atoms with Gasteiger partial charge in [-0.05, 0) is 19.8 Å². The number of amidine groups is 1. The zero-order chi connectivity index (χ0) is 13.4. The van der Waals surface area contributed by atoms with Gasteiger partial charge in [-0.2, -0.15) is 0 Å². The molecular formula is C11H23N3O3. The lowest BCUT2D eigenvalue weighted by molar-refractivity contribution is -0.124. The van der Waals surface area contributed by atoms with E-state index in [1.807, 2.05) is 27.7 Å². The van der Waals surface area contributed by atoms with Gasteiger partial charge < -0.3 is 21.0 Å². The summed E-state index contributed by atoms with van der Waals surface area (Å²) in [6.45, 7) is 8.40. The molecule has 1 atom stereocenters. The average Bonchev–Trinajstić information content (AvgIpc) is 2.23. The maximum absolute atomic E-state index is 11.8. The van der Waals surface area contributed by atoms with Gasteiger partial charge in [0.2, 0.25) is 5.91 Å². The van der Waals surface area contributed by atoms with Gasteiger partial charge in [0.15, 0.2) is 5.84 Å². The zero-order valence-corrected chi connectivity index (χ0v) is 10.9. The molecule has 0 rings (SSSR count). The normalized spacial score (nSPS) is 14.1. The average molecular weight is 245 g/mol. The monoisotopic (exact) mass is 245 g/mol. The summed E-state index contributed by atoms with van der Waals surface area (Å²) in [6, 6.07) is 0. The summed E-state index contributed by atoms with van der Waals surface area (Å²) in [4.78, 5) is 11.8. The fraction of sp³-hybridized carbons (Fsp3) is 0.818. The standard InChI is InChI=1S/C11H23N3O3/c1-7(2)9(10(12)14-16)11(15)13-5-6-17-8(3)4/h7-9,16H,5-6H2,1-4H3,(H2,12,14)(H,13,15). The van der Waals surface area contributed by atoms with E-state index in [1.165, 1.54) is 0 Å². The first kappa shape index (κ1) is 15.7. The lowest BCUT2D eigenvalue weighted by Crippen LogP contribution is -2.42. The molecule has 0 saturated heterocycles. The van der Waals surface area contributed by atoms with Gasteiger partial charge in [-0.1, -0.05) is 19.0 Å². The van der Waals surface area contributed by atoms with Crippen LogP contribution < -0.4 is 11.1 Å². The van der Waals surface area contributed by atoms with Crippen LogP contribution in [0.3, 0.4) is 0 Å². The molecule has 1 unspecified atom stereocenters. The molecule has 0 bridgehead atoms. The number of ether oxygens (including phenoxy) is 1. The highest BCUT2D eigenvalue weighted by molar-refractivity contribution is 6.02. The van der Waals surface area contributed by atoms with Crippen molar-refractivity contribution in [2.75, 3.05) is 13.2 Å². The number of nitrogens with one attached hydrogen (secondary N) is 1. The van der Waals surface area contributed by atoms with Crippen molar-refractivity contribution in [2.45, 2.75) is 33.8 Å². The first-order valence-corrected chi connectivity index (χ1v) is 5.76. The molecule has 1 amide bonds. The maximum atomic E-state index is 11.8. The van der Waals surface area contributed by atoms with Crippen molar-refractivity contribution in [2.24, 2.45) is 22.7 Å². The van der Waals surface area contributed by atoms with Crippen LogP contribution in [0.1, 0.15) is 27.7 Å². The molecule has 6 nitrogen and oxygen atoms in total. The van der Waals surface area contributed by atoms with Gasteiger partial charge in [-0.25, -0.2) is 0 Å². The first-order chi connectivity index (χ1) is 7.90. The topological polar surface area (TPSA) is 96.9 Å². The third-order valence-electron chi connectivity index (χ3n) is 2.24. The molecule has 0 aliphatic rings. The summed E-state index contributed by atoms with van der Waals surface area (Å²) in [5, 5.41) is 14.2. The van der Waals surface area contributed by atoms with Gasteiger partial charge in [0.25, 0.3) is 0 Å². The van der Waals surface area contributed by atoms with Crippen molar-refractivity contribution in [3.8, 4) is 0 Å². The molecule has 0 saturated carbocycles. The summed E-state index contributed by atoms with van der Waals surface area (Å²) in [5.74, 6) is -0.957. The Bertz CT molecular complexity index is 265. The smallest absolute Gasteiger partial charge is 0.231 e. The quantitative estimate of drug-likeness (QED) is 0.200. The minimum absolute atomic E-state index is 0.0306. The number of carbonyl (C=O) groups excluding carboxylic acids is 1. The van der Waals surface area contributed by atoms with E-state index in [0.717, 1.165) is 0 Å². The van der Waals surface area contributed by atoms with E-state index < -0.39 is 5.92 Å². The number of nitrogens with two attached hydrogens (primary N) is 1. The van der Waals surface area contributed by atoms with Crippen molar-refractivity contribution >= 4 is 11.7 Å². The van der Waals surface area contributed by atoms with E-state index in [1.54, 1.807) is 0 Å². The zero-order valence-electron chi connectivity index (χ0n) is 10.9. The van der Waals surface area contributed by atoms with Gasteiger partial charge in [0.05, 0.1) is 12.7 Å². The molecule has 0 aromatic heterocycles. The number of nitrogens with zero attached hydrogens (tertiary/aromatic N) is 1. The van der Waals surface area contributed by atoms with Gasteiger partial charge >= 0.3 is 0 Å². The lowest BCUT2D eigenvalue weighted by atomic mass is 9.94. The fourth-order valence-corrected chi connectivity index (χ4v) is 1.42. The Balaban J connectivity index is 4.17. The Morgan fingerprint density at radius 2 is 2.00 bits per heavy atom. The predicted octanol–water partition coefficient (Wildman–Crippen LogP) is 0.546. The molecule has 0 aliphatic carbocycles. The third kappa shape index (κ3) is 6.11. The Hall–Kier alpha value is -1.30. The number of oxime groups is 1. The van der Waals surface area contributed by atoms with Crippen molar-refractivity contribution in [1.82, 2.24) is 5.32 Å². The van der Waals surface area contributed by atoms with Crippen LogP contribution in [-0.2, 0) is 9.53 Å². The maximum Gasteiger partial charge on any atom is 0.231 e. The van der Waals surface area contributed by atoms with Gasteiger partial charge in [-0.15, -0.1) is 0 Å².